The van der Waals surface area contributed by atoms with Gasteiger partial charge in [0.25, 0.3) is 11.7 Å². The maximum absolute atomic E-state index is 13.2. The van der Waals surface area contributed by atoms with Crippen LogP contribution in [0, 0.1) is 0 Å². The van der Waals surface area contributed by atoms with Gasteiger partial charge in [0.2, 0.25) is 0 Å². The average molecular weight is 617 g/mol. The monoisotopic (exact) mass is 615 g/mol. The van der Waals surface area contributed by atoms with E-state index in [1.807, 2.05) is 24.3 Å². The van der Waals surface area contributed by atoms with Crippen molar-refractivity contribution in [2.75, 3.05) is 6.54 Å². The third-order valence-electron chi connectivity index (χ3n) is 7.60. The van der Waals surface area contributed by atoms with Crippen molar-refractivity contribution in [2.24, 2.45) is 0 Å². The van der Waals surface area contributed by atoms with Gasteiger partial charge in [-0.05, 0) is 48.4 Å². The van der Waals surface area contributed by atoms with Crippen molar-refractivity contribution >= 4 is 45.0 Å². The fraction of sp³-hybridized carbons (Fsp3) is 0.515. The van der Waals surface area contributed by atoms with Gasteiger partial charge >= 0.3 is 0 Å². The molecule has 0 aliphatic carbocycles. The number of amides is 1. The Balaban J connectivity index is 1.52. The van der Waals surface area contributed by atoms with Crippen molar-refractivity contribution in [3.05, 3.63) is 74.7 Å². The van der Waals surface area contributed by atoms with Crippen molar-refractivity contribution in [2.45, 2.75) is 103 Å². The van der Waals surface area contributed by atoms with Crippen LogP contribution in [0.4, 0.5) is 0 Å². The highest BCUT2D eigenvalue weighted by atomic mass is 79.9. The lowest BCUT2D eigenvalue weighted by atomic mass is 9.95. The molecule has 0 bridgehead atoms. The molecule has 6 heteroatoms. The average Bonchev–Trinajstić information content (AvgIpc) is 3.18. The number of rotatable bonds is 17. The number of unbranched alkanes of at least 4 members (excludes halogenated alkanes) is 13. The van der Waals surface area contributed by atoms with E-state index in [1.165, 1.54) is 70.6 Å². The number of aliphatic hydroxyl groups is 1. The highest BCUT2D eigenvalue weighted by Gasteiger charge is 2.45. The lowest BCUT2D eigenvalue weighted by molar-refractivity contribution is -0.139. The fourth-order valence-corrected chi connectivity index (χ4v) is 5.73. The Morgan fingerprint density at radius 1 is 0.769 bits per heavy atom. The van der Waals surface area contributed by atoms with Gasteiger partial charge in [0, 0.05) is 21.6 Å². The number of ketones is 1. The van der Waals surface area contributed by atoms with Gasteiger partial charge in [-0.25, -0.2) is 0 Å². The summed E-state index contributed by atoms with van der Waals surface area (Å²) in [6.07, 6.45) is 17.7. The minimum absolute atomic E-state index is 0.134. The zero-order chi connectivity index (χ0) is 28.0. The first-order valence-corrected chi connectivity index (χ1v) is 15.9. The van der Waals surface area contributed by atoms with Gasteiger partial charge in [0.05, 0.1) is 11.6 Å². The molecule has 0 radical (unpaired) electrons. The summed E-state index contributed by atoms with van der Waals surface area (Å²) >= 11 is 9.47. The summed E-state index contributed by atoms with van der Waals surface area (Å²) in [5.41, 5.74) is 1.41. The van der Waals surface area contributed by atoms with E-state index in [-0.39, 0.29) is 11.3 Å². The summed E-state index contributed by atoms with van der Waals surface area (Å²) in [7, 11) is 0. The van der Waals surface area contributed by atoms with Crippen LogP contribution < -0.4 is 0 Å². The van der Waals surface area contributed by atoms with E-state index < -0.39 is 17.7 Å². The Kier molecular flexibility index (Phi) is 13.6. The predicted molar refractivity (Wildman–Crippen MR) is 165 cm³/mol. The first kappa shape index (κ1) is 31.4. The molecule has 0 saturated carbocycles. The molecule has 1 fully saturated rings. The SMILES string of the molecule is CCCCCCCCCCCCCCCCN1C(=O)C(=O)/C(=C(/O)c2ccc(Cl)cc2)[C@@H]1c1ccc(Br)cc1. The molecule has 39 heavy (non-hydrogen) atoms. The molecule has 2 aromatic carbocycles. The van der Waals surface area contributed by atoms with Crippen molar-refractivity contribution in [3.8, 4) is 0 Å². The van der Waals surface area contributed by atoms with Crippen molar-refractivity contribution in [1.82, 2.24) is 4.90 Å². The molecule has 0 aromatic heterocycles. The Labute approximate surface area is 248 Å². The minimum atomic E-state index is -0.638. The fourth-order valence-electron chi connectivity index (χ4n) is 5.34. The smallest absolute Gasteiger partial charge is 0.295 e. The number of benzene rings is 2. The first-order chi connectivity index (χ1) is 18.9. The lowest BCUT2D eigenvalue weighted by Gasteiger charge is -2.25. The zero-order valence-corrected chi connectivity index (χ0v) is 25.6. The molecule has 1 saturated heterocycles. The van der Waals surface area contributed by atoms with E-state index >= 15 is 0 Å². The highest BCUT2D eigenvalue weighted by molar-refractivity contribution is 9.10. The van der Waals surface area contributed by atoms with Gasteiger partial charge < -0.3 is 10.0 Å². The van der Waals surface area contributed by atoms with Gasteiger partial charge in [-0.15, -0.1) is 0 Å². The number of likely N-dealkylation sites (tertiary alicyclic amines) is 1. The van der Waals surface area contributed by atoms with E-state index in [1.54, 1.807) is 29.2 Å². The Bertz CT molecular complexity index is 1080. The summed E-state index contributed by atoms with van der Waals surface area (Å²) in [5, 5.41) is 11.7. The summed E-state index contributed by atoms with van der Waals surface area (Å²) in [5.74, 6) is -1.35. The van der Waals surface area contributed by atoms with Crippen LogP contribution in [-0.2, 0) is 9.59 Å². The molecule has 1 atom stereocenters. The van der Waals surface area contributed by atoms with E-state index in [2.05, 4.69) is 22.9 Å². The summed E-state index contributed by atoms with van der Waals surface area (Å²) in [6.45, 7) is 2.75. The molecule has 1 aliphatic rings. The second-order valence-corrected chi connectivity index (χ2v) is 12.0. The van der Waals surface area contributed by atoms with Crippen molar-refractivity contribution in [1.29, 1.82) is 0 Å². The van der Waals surface area contributed by atoms with E-state index in [4.69, 9.17) is 11.6 Å². The Morgan fingerprint density at radius 2 is 1.26 bits per heavy atom. The number of halogens is 2. The maximum Gasteiger partial charge on any atom is 0.295 e. The van der Waals surface area contributed by atoms with Crippen LogP contribution in [0.3, 0.4) is 0 Å². The molecule has 3 rings (SSSR count). The quantitative estimate of drug-likeness (QED) is 0.0833. The number of hydrogen-bond donors (Lipinski definition) is 1. The van der Waals surface area contributed by atoms with Crippen LogP contribution in [0.5, 0.6) is 0 Å². The molecule has 4 nitrogen and oxygen atoms in total. The lowest BCUT2D eigenvalue weighted by Crippen LogP contribution is -2.30. The molecule has 1 N–H and O–H groups in total. The molecule has 1 heterocycles. The van der Waals surface area contributed by atoms with Crippen LogP contribution in [-0.4, -0.2) is 28.2 Å². The van der Waals surface area contributed by atoms with Crippen LogP contribution in [0.2, 0.25) is 5.02 Å². The number of Topliss-reactive ketones (excluding diaryl/α,β-unsaturated/α-hetero) is 1. The second kappa shape index (κ2) is 16.9. The normalized spacial score (nSPS) is 16.8. The molecular formula is C33H43BrClNO3. The highest BCUT2D eigenvalue weighted by Crippen LogP contribution is 2.40. The molecule has 212 valence electrons. The van der Waals surface area contributed by atoms with E-state index in [9.17, 15) is 14.7 Å². The largest absolute Gasteiger partial charge is 0.507 e. The number of hydrogen-bond acceptors (Lipinski definition) is 3. The molecule has 2 aromatic rings. The van der Waals surface area contributed by atoms with Crippen molar-refractivity contribution < 1.29 is 14.7 Å². The summed E-state index contributed by atoms with van der Waals surface area (Å²) < 4.78 is 0.910. The molecule has 0 spiro atoms. The standard InChI is InChI=1S/C33H43BrClNO3/c1-2-3-4-5-6-7-8-9-10-11-12-13-14-15-24-36-30(25-16-20-27(34)21-17-25)29(32(38)33(36)39)31(37)26-18-22-28(35)23-19-26/h16-23,30,37H,2-15,24H2,1H3/b31-29+/t30-/m0/s1. The van der Waals surface area contributed by atoms with Gasteiger partial charge in [0.1, 0.15) is 5.76 Å². The predicted octanol–water partition coefficient (Wildman–Crippen LogP) is 10.0. The topological polar surface area (TPSA) is 57.6 Å². The van der Waals surface area contributed by atoms with Crippen LogP contribution in [0.1, 0.15) is 114 Å². The third-order valence-corrected chi connectivity index (χ3v) is 8.38. The van der Waals surface area contributed by atoms with Gasteiger partial charge in [-0.1, -0.05) is 130 Å². The molecule has 1 aliphatic heterocycles. The van der Waals surface area contributed by atoms with E-state index in [0.717, 1.165) is 29.3 Å². The zero-order valence-electron chi connectivity index (χ0n) is 23.3. The number of carbonyl (C=O) groups is 2. The van der Waals surface area contributed by atoms with Gasteiger partial charge in [0.15, 0.2) is 0 Å². The van der Waals surface area contributed by atoms with Crippen LogP contribution in [0.15, 0.2) is 58.6 Å². The number of nitrogens with zero attached hydrogens (tertiary/aromatic N) is 1. The number of aliphatic hydroxyl groups excluding tert-OH is 1. The molecule has 0 unspecified atom stereocenters. The Hall–Kier alpha value is -2.11. The maximum atomic E-state index is 13.2. The van der Waals surface area contributed by atoms with Crippen molar-refractivity contribution in [3.63, 3.8) is 0 Å². The van der Waals surface area contributed by atoms with Crippen LogP contribution >= 0.6 is 27.5 Å². The molecular weight excluding hydrogens is 574 g/mol. The number of carbonyl (C=O) groups excluding carboxylic acids is 2. The third kappa shape index (κ3) is 9.49. The second-order valence-electron chi connectivity index (χ2n) is 10.6. The first-order valence-electron chi connectivity index (χ1n) is 14.7. The Morgan fingerprint density at radius 3 is 1.77 bits per heavy atom. The summed E-state index contributed by atoms with van der Waals surface area (Å²) in [4.78, 5) is 27.9. The van der Waals surface area contributed by atoms with E-state index in [0.29, 0.717) is 17.1 Å². The van der Waals surface area contributed by atoms with Gasteiger partial charge in [-0.2, -0.15) is 0 Å². The molecule has 1 amide bonds. The van der Waals surface area contributed by atoms with Gasteiger partial charge in [-0.3, -0.25) is 9.59 Å². The van der Waals surface area contributed by atoms with Crippen LogP contribution in [0.25, 0.3) is 5.76 Å². The minimum Gasteiger partial charge on any atom is -0.507 e. The summed E-state index contributed by atoms with van der Waals surface area (Å²) in [6, 6.07) is 13.6.